The van der Waals surface area contributed by atoms with Crippen LogP contribution in [0.15, 0.2) is 53.9 Å². The normalized spacial score (nSPS) is 16.4. The molecule has 1 aliphatic heterocycles. The Morgan fingerprint density at radius 1 is 1.22 bits per heavy atom. The van der Waals surface area contributed by atoms with Crippen LogP contribution in [0.25, 0.3) is 11.3 Å². The summed E-state index contributed by atoms with van der Waals surface area (Å²) >= 11 is 1.56. The molecule has 3 aromatic rings. The maximum atomic E-state index is 12.1. The Hall–Kier alpha value is -2.38. The highest BCUT2D eigenvalue weighted by atomic mass is 32.2. The van der Waals surface area contributed by atoms with Crippen LogP contribution in [0.5, 0.6) is 5.75 Å². The molecule has 0 radical (unpaired) electrons. The highest BCUT2D eigenvalue weighted by Crippen LogP contribution is 2.37. The first kappa shape index (κ1) is 18.0. The lowest BCUT2D eigenvalue weighted by atomic mass is 10.1. The molecule has 0 saturated heterocycles. The molecule has 7 heteroatoms. The summed E-state index contributed by atoms with van der Waals surface area (Å²) in [4.78, 5) is 4.67. The molecule has 2 heterocycles. The fourth-order valence-electron chi connectivity index (χ4n) is 3.44. The minimum atomic E-state index is -3.27. The number of para-hydroxylation sites is 1. The smallest absolute Gasteiger partial charge is 0.232 e. The van der Waals surface area contributed by atoms with Crippen molar-refractivity contribution in [2.45, 2.75) is 26.0 Å². The standard InChI is InChI=1S/C20H20N2O3S2/c1-14-10-16-11-15(8-9-19(16)22(14)27(2,23)24)18-13-26-20(21-18)12-25-17-6-4-3-5-7-17/h3-9,11,13-14H,10,12H2,1-2H3/t14-/m0/s1. The van der Waals surface area contributed by atoms with Crippen molar-refractivity contribution in [1.82, 2.24) is 4.98 Å². The van der Waals surface area contributed by atoms with Gasteiger partial charge in [-0.25, -0.2) is 13.4 Å². The maximum absolute atomic E-state index is 12.1. The summed E-state index contributed by atoms with van der Waals surface area (Å²) < 4.78 is 31.4. The maximum Gasteiger partial charge on any atom is 0.232 e. The van der Waals surface area contributed by atoms with Gasteiger partial charge in [0.15, 0.2) is 0 Å². The molecule has 0 unspecified atom stereocenters. The minimum absolute atomic E-state index is 0.0597. The van der Waals surface area contributed by atoms with E-state index in [9.17, 15) is 8.42 Å². The van der Waals surface area contributed by atoms with Crippen molar-refractivity contribution in [3.63, 3.8) is 0 Å². The molecule has 2 aromatic carbocycles. The number of sulfonamides is 1. The van der Waals surface area contributed by atoms with E-state index in [1.165, 1.54) is 10.6 Å². The second-order valence-corrected chi connectivity index (χ2v) is 9.49. The van der Waals surface area contributed by atoms with Crippen LogP contribution in [0.2, 0.25) is 0 Å². The molecular formula is C20H20N2O3S2. The fraction of sp³-hybridized carbons (Fsp3) is 0.250. The number of thiazole rings is 1. The van der Waals surface area contributed by atoms with Crippen molar-refractivity contribution in [1.29, 1.82) is 0 Å². The van der Waals surface area contributed by atoms with Crippen molar-refractivity contribution in [3.05, 3.63) is 64.5 Å². The third-order valence-corrected chi connectivity index (χ3v) is 6.64. The molecule has 0 aliphatic carbocycles. The molecule has 140 valence electrons. The molecule has 4 rings (SSSR count). The molecule has 1 aliphatic rings. The predicted molar refractivity (Wildman–Crippen MR) is 109 cm³/mol. The van der Waals surface area contributed by atoms with Gasteiger partial charge in [0.05, 0.1) is 17.6 Å². The van der Waals surface area contributed by atoms with E-state index >= 15 is 0 Å². The number of benzene rings is 2. The largest absolute Gasteiger partial charge is 0.486 e. The lowest BCUT2D eigenvalue weighted by Crippen LogP contribution is -2.34. The van der Waals surface area contributed by atoms with Gasteiger partial charge in [-0.1, -0.05) is 24.3 Å². The highest BCUT2D eigenvalue weighted by Gasteiger charge is 2.32. The van der Waals surface area contributed by atoms with E-state index in [1.807, 2.05) is 60.8 Å². The molecule has 27 heavy (non-hydrogen) atoms. The van der Waals surface area contributed by atoms with Crippen LogP contribution in [0, 0.1) is 0 Å². The zero-order chi connectivity index (χ0) is 19.0. The number of fused-ring (bicyclic) bond motifs is 1. The van der Waals surface area contributed by atoms with Gasteiger partial charge in [0.1, 0.15) is 17.4 Å². The summed E-state index contributed by atoms with van der Waals surface area (Å²) in [5, 5.41) is 2.92. The van der Waals surface area contributed by atoms with Gasteiger partial charge in [0, 0.05) is 17.0 Å². The first-order valence-corrected chi connectivity index (χ1v) is 11.4. The van der Waals surface area contributed by atoms with Crippen molar-refractivity contribution in [2.75, 3.05) is 10.6 Å². The van der Waals surface area contributed by atoms with Crippen molar-refractivity contribution >= 4 is 27.0 Å². The van der Waals surface area contributed by atoms with E-state index < -0.39 is 10.0 Å². The Bertz CT molecular complexity index is 1060. The summed E-state index contributed by atoms with van der Waals surface area (Å²) in [5.74, 6) is 0.821. The highest BCUT2D eigenvalue weighted by molar-refractivity contribution is 7.92. The van der Waals surface area contributed by atoms with E-state index in [-0.39, 0.29) is 6.04 Å². The number of rotatable bonds is 5. The Balaban J connectivity index is 1.54. The van der Waals surface area contributed by atoms with Gasteiger partial charge in [-0.15, -0.1) is 11.3 Å². The molecule has 0 saturated carbocycles. The Morgan fingerprint density at radius 3 is 2.74 bits per heavy atom. The van der Waals surface area contributed by atoms with Gasteiger partial charge in [-0.3, -0.25) is 4.31 Å². The SMILES string of the molecule is C[C@H]1Cc2cc(-c3csc(COc4ccccc4)n3)ccc2N1S(C)(=O)=O. The first-order valence-electron chi connectivity index (χ1n) is 8.67. The monoisotopic (exact) mass is 400 g/mol. The topological polar surface area (TPSA) is 59.5 Å². The van der Waals surface area contributed by atoms with E-state index in [1.54, 1.807) is 11.3 Å². The van der Waals surface area contributed by atoms with Crippen LogP contribution in [-0.4, -0.2) is 25.7 Å². The van der Waals surface area contributed by atoms with Gasteiger partial charge in [-0.2, -0.15) is 0 Å². The number of ether oxygens (including phenoxy) is 1. The number of nitrogens with zero attached hydrogens (tertiary/aromatic N) is 2. The first-order chi connectivity index (χ1) is 12.9. The average Bonchev–Trinajstić information content (AvgIpc) is 3.23. The molecule has 0 fully saturated rings. The van der Waals surface area contributed by atoms with Gasteiger partial charge >= 0.3 is 0 Å². The van der Waals surface area contributed by atoms with Crippen LogP contribution < -0.4 is 9.04 Å². The van der Waals surface area contributed by atoms with Gasteiger partial charge in [-0.05, 0) is 43.2 Å². The molecule has 0 amide bonds. The number of aromatic nitrogens is 1. The molecule has 0 bridgehead atoms. The third-order valence-electron chi connectivity index (χ3n) is 4.54. The third kappa shape index (κ3) is 3.70. The summed E-state index contributed by atoms with van der Waals surface area (Å²) in [7, 11) is -3.27. The van der Waals surface area contributed by atoms with Gasteiger partial charge in [0.2, 0.25) is 10.0 Å². The van der Waals surface area contributed by atoms with E-state index in [2.05, 4.69) is 4.98 Å². The van der Waals surface area contributed by atoms with Crippen LogP contribution in [0.3, 0.4) is 0 Å². The Kier molecular flexibility index (Phi) is 4.65. The molecule has 1 atom stereocenters. The molecule has 5 nitrogen and oxygen atoms in total. The fourth-order valence-corrected chi connectivity index (χ4v) is 5.42. The zero-order valence-electron chi connectivity index (χ0n) is 15.1. The number of hydrogen-bond donors (Lipinski definition) is 0. The lowest BCUT2D eigenvalue weighted by Gasteiger charge is -2.21. The second kappa shape index (κ2) is 6.98. The van der Waals surface area contributed by atoms with E-state index in [0.29, 0.717) is 13.0 Å². The Labute approximate surface area is 163 Å². The van der Waals surface area contributed by atoms with Gasteiger partial charge < -0.3 is 4.74 Å². The van der Waals surface area contributed by atoms with Crippen molar-refractivity contribution < 1.29 is 13.2 Å². The summed E-state index contributed by atoms with van der Waals surface area (Å²) in [5.41, 5.74) is 3.70. The molecule has 0 spiro atoms. The predicted octanol–water partition coefficient (Wildman–Crippen LogP) is 4.10. The summed E-state index contributed by atoms with van der Waals surface area (Å²) in [6.45, 7) is 2.36. The lowest BCUT2D eigenvalue weighted by molar-refractivity contribution is 0.305. The molecule has 1 aromatic heterocycles. The second-order valence-electron chi connectivity index (χ2n) is 6.68. The molecule has 0 N–H and O–H groups in total. The minimum Gasteiger partial charge on any atom is -0.486 e. The van der Waals surface area contributed by atoms with Crippen molar-refractivity contribution in [2.24, 2.45) is 0 Å². The number of anilines is 1. The summed E-state index contributed by atoms with van der Waals surface area (Å²) in [6.07, 6.45) is 1.97. The van der Waals surface area contributed by atoms with Crippen LogP contribution >= 0.6 is 11.3 Å². The quantitative estimate of drug-likeness (QED) is 0.647. The summed E-state index contributed by atoms with van der Waals surface area (Å²) in [6, 6.07) is 15.5. The van der Waals surface area contributed by atoms with Crippen molar-refractivity contribution in [3.8, 4) is 17.0 Å². The van der Waals surface area contributed by atoms with E-state index in [0.717, 1.165) is 33.3 Å². The van der Waals surface area contributed by atoms with Crippen LogP contribution in [0.1, 0.15) is 17.5 Å². The van der Waals surface area contributed by atoms with Crippen LogP contribution in [-0.2, 0) is 23.1 Å². The molecular weight excluding hydrogens is 380 g/mol. The zero-order valence-corrected chi connectivity index (χ0v) is 16.8. The average molecular weight is 401 g/mol. The van der Waals surface area contributed by atoms with E-state index in [4.69, 9.17) is 4.74 Å². The Morgan fingerprint density at radius 2 is 2.00 bits per heavy atom. The van der Waals surface area contributed by atoms with Gasteiger partial charge in [0.25, 0.3) is 0 Å². The number of hydrogen-bond acceptors (Lipinski definition) is 5. The van der Waals surface area contributed by atoms with Crippen LogP contribution in [0.4, 0.5) is 5.69 Å².